The Morgan fingerprint density at radius 1 is 1.16 bits per heavy atom. The van der Waals surface area contributed by atoms with Gasteiger partial charge in [0.05, 0.1) is 18.1 Å². The van der Waals surface area contributed by atoms with Crippen molar-refractivity contribution in [3.8, 4) is 0 Å². The lowest BCUT2D eigenvalue weighted by Gasteiger charge is -2.36. The molecule has 2 fully saturated rings. The molecule has 0 bridgehead atoms. The Hall–Kier alpha value is -2.53. The number of rotatable bonds is 6. The molecule has 2 aliphatic heterocycles. The van der Waals surface area contributed by atoms with Crippen molar-refractivity contribution in [3.63, 3.8) is 0 Å². The molecule has 2 aromatic rings. The highest BCUT2D eigenvalue weighted by molar-refractivity contribution is 7.89. The van der Waals surface area contributed by atoms with Crippen LogP contribution in [0.3, 0.4) is 0 Å². The number of aromatic nitrogens is 1. The molecular formula is C22H27N3O6S. The normalized spacial score (nSPS) is 19.1. The second kappa shape index (κ2) is 9.14. The molecule has 1 amide bonds. The highest BCUT2D eigenvalue weighted by atomic mass is 32.2. The summed E-state index contributed by atoms with van der Waals surface area (Å²) >= 11 is 0. The van der Waals surface area contributed by atoms with Crippen molar-refractivity contribution < 1.29 is 27.2 Å². The van der Waals surface area contributed by atoms with E-state index in [9.17, 15) is 13.2 Å². The molecule has 32 heavy (non-hydrogen) atoms. The van der Waals surface area contributed by atoms with Crippen molar-refractivity contribution in [3.05, 3.63) is 41.3 Å². The van der Waals surface area contributed by atoms with Crippen LogP contribution in [0, 0.1) is 6.92 Å². The maximum atomic E-state index is 13.0. The predicted octanol–water partition coefficient (Wildman–Crippen LogP) is 3.03. The molecule has 0 unspecified atom stereocenters. The predicted molar refractivity (Wildman–Crippen MR) is 118 cm³/mol. The van der Waals surface area contributed by atoms with E-state index in [-0.39, 0.29) is 10.8 Å². The number of amides is 1. The van der Waals surface area contributed by atoms with Crippen LogP contribution in [-0.2, 0) is 24.3 Å². The van der Waals surface area contributed by atoms with Gasteiger partial charge in [0.1, 0.15) is 11.4 Å². The van der Waals surface area contributed by atoms with Crippen molar-refractivity contribution >= 4 is 33.8 Å². The summed E-state index contributed by atoms with van der Waals surface area (Å²) in [4.78, 5) is 12.0. The molecular weight excluding hydrogens is 434 g/mol. The monoisotopic (exact) mass is 461 g/mol. The molecule has 2 saturated heterocycles. The Morgan fingerprint density at radius 2 is 1.81 bits per heavy atom. The number of sulfonamides is 1. The first-order valence-corrected chi connectivity index (χ1v) is 12.1. The van der Waals surface area contributed by atoms with Crippen LogP contribution in [0.5, 0.6) is 0 Å². The quantitative estimate of drug-likeness (QED) is 0.704. The number of nitrogens with zero attached hydrogens (tertiary/aromatic N) is 2. The number of hydrogen-bond donors (Lipinski definition) is 1. The van der Waals surface area contributed by atoms with E-state index in [4.69, 9.17) is 14.0 Å². The minimum Gasteiger partial charge on any atom is -0.354 e. The van der Waals surface area contributed by atoms with Gasteiger partial charge < -0.3 is 19.3 Å². The fourth-order valence-corrected chi connectivity index (χ4v) is 5.25. The molecule has 172 valence electrons. The lowest BCUT2D eigenvalue weighted by Crippen LogP contribution is -2.47. The molecule has 1 spiro atoms. The summed E-state index contributed by atoms with van der Waals surface area (Å²) < 4.78 is 44.2. The summed E-state index contributed by atoms with van der Waals surface area (Å²) in [5, 5.41) is 6.68. The Bertz CT molecular complexity index is 1090. The first-order valence-electron chi connectivity index (χ1n) is 10.7. The van der Waals surface area contributed by atoms with Crippen LogP contribution in [0.4, 0.5) is 5.69 Å². The summed E-state index contributed by atoms with van der Waals surface area (Å²) in [7, 11) is -3.59. The van der Waals surface area contributed by atoms with E-state index in [0.717, 1.165) is 5.56 Å². The fourth-order valence-electron chi connectivity index (χ4n) is 3.81. The van der Waals surface area contributed by atoms with Crippen LogP contribution in [0.1, 0.15) is 43.2 Å². The lowest BCUT2D eigenvalue weighted by atomic mass is 10.1. The van der Waals surface area contributed by atoms with Gasteiger partial charge in [0.15, 0.2) is 11.5 Å². The summed E-state index contributed by atoms with van der Waals surface area (Å²) in [6.07, 6.45) is 4.88. The fraction of sp³-hybridized carbons (Fsp3) is 0.455. The maximum Gasteiger partial charge on any atom is 0.243 e. The molecule has 2 aliphatic rings. The van der Waals surface area contributed by atoms with E-state index >= 15 is 0 Å². The number of aryl methyl sites for hydroxylation is 1. The van der Waals surface area contributed by atoms with Gasteiger partial charge in [-0.25, -0.2) is 8.42 Å². The van der Waals surface area contributed by atoms with Gasteiger partial charge in [0, 0.05) is 32.4 Å². The van der Waals surface area contributed by atoms with Gasteiger partial charge in [-0.2, -0.15) is 4.31 Å². The minimum atomic E-state index is -3.59. The van der Waals surface area contributed by atoms with Crippen LogP contribution in [0.2, 0.25) is 0 Å². The smallest absolute Gasteiger partial charge is 0.243 e. The Morgan fingerprint density at radius 3 is 2.44 bits per heavy atom. The molecule has 10 heteroatoms. The van der Waals surface area contributed by atoms with Crippen LogP contribution < -0.4 is 5.32 Å². The standard InChI is InChI=1S/C22H27N3O6S/c1-3-20(26)23-21-16(2)24-31-19(21)9-6-17-4-7-18(8-5-17)32(27,28)25-12-10-22(11-13-25)29-14-15-30-22/h4-9H,3,10-15H2,1-2H3,(H,23,26)/b9-6-. The summed E-state index contributed by atoms with van der Waals surface area (Å²) in [6.45, 7) is 5.35. The number of piperidine rings is 1. The van der Waals surface area contributed by atoms with Gasteiger partial charge in [-0.05, 0) is 30.7 Å². The SMILES string of the molecule is CCC(=O)Nc1c(C)noc1/C=C\c1ccc(S(=O)(=O)N2CCC3(CC2)OCCO3)cc1. The Balaban J connectivity index is 1.44. The summed E-state index contributed by atoms with van der Waals surface area (Å²) in [5.74, 6) is -0.315. The van der Waals surface area contributed by atoms with Crippen molar-refractivity contribution in [1.82, 2.24) is 9.46 Å². The molecule has 0 saturated carbocycles. The number of ether oxygens (including phenoxy) is 2. The van der Waals surface area contributed by atoms with Crippen LogP contribution in [0.15, 0.2) is 33.7 Å². The number of anilines is 1. The molecule has 1 N–H and O–H groups in total. The average molecular weight is 462 g/mol. The highest BCUT2D eigenvalue weighted by Gasteiger charge is 2.42. The van der Waals surface area contributed by atoms with Crippen molar-refractivity contribution in [2.45, 2.75) is 43.8 Å². The van der Waals surface area contributed by atoms with E-state index in [0.29, 0.717) is 62.7 Å². The van der Waals surface area contributed by atoms with E-state index in [2.05, 4.69) is 10.5 Å². The van der Waals surface area contributed by atoms with Gasteiger partial charge in [-0.1, -0.05) is 30.3 Å². The van der Waals surface area contributed by atoms with Gasteiger partial charge >= 0.3 is 0 Å². The van der Waals surface area contributed by atoms with Crippen molar-refractivity contribution in [2.24, 2.45) is 0 Å². The third-order valence-electron chi connectivity index (χ3n) is 5.72. The molecule has 1 aromatic carbocycles. The third-order valence-corrected chi connectivity index (χ3v) is 7.63. The zero-order chi connectivity index (χ0) is 22.8. The second-order valence-corrected chi connectivity index (χ2v) is 9.76. The summed E-state index contributed by atoms with van der Waals surface area (Å²) in [5.41, 5.74) is 1.91. The Labute approximate surface area is 187 Å². The Kier molecular flexibility index (Phi) is 6.47. The first kappa shape index (κ1) is 22.7. The largest absolute Gasteiger partial charge is 0.354 e. The zero-order valence-electron chi connectivity index (χ0n) is 18.2. The van der Waals surface area contributed by atoms with E-state index in [1.54, 1.807) is 50.3 Å². The van der Waals surface area contributed by atoms with Gasteiger partial charge in [0.25, 0.3) is 0 Å². The van der Waals surface area contributed by atoms with E-state index in [1.165, 1.54) is 4.31 Å². The van der Waals surface area contributed by atoms with Gasteiger partial charge in [-0.3, -0.25) is 4.79 Å². The summed E-state index contributed by atoms with van der Waals surface area (Å²) in [6, 6.07) is 6.64. The molecule has 0 aliphatic carbocycles. The second-order valence-electron chi connectivity index (χ2n) is 7.82. The van der Waals surface area contributed by atoms with E-state index in [1.807, 2.05) is 0 Å². The van der Waals surface area contributed by atoms with Gasteiger partial charge in [0.2, 0.25) is 15.9 Å². The number of hydrogen-bond acceptors (Lipinski definition) is 7. The number of nitrogens with one attached hydrogen (secondary N) is 1. The number of carbonyl (C=O) groups is 1. The molecule has 1 aromatic heterocycles. The molecule has 0 radical (unpaired) electrons. The topological polar surface area (TPSA) is 111 Å². The van der Waals surface area contributed by atoms with Crippen molar-refractivity contribution in [1.29, 1.82) is 0 Å². The lowest BCUT2D eigenvalue weighted by molar-refractivity contribution is -0.179. The molecule has 3 heterocycles. The van der Waals surface area contributed by atoms with Crippen LogP contribution >= 0.6 is 0 Å². The molecule has 4 rings (SSSR count). The number of carbonyl (C=O) groups excluding carboxylic acids is 1. The first-order chi connectivity index (χ1) is 15.3. The zero-order valence-corrected chi connectivity index (χ0v) is 19.0. The average Bonchev–Trinajstić information content (AvgIpc) is 3.39. The third kappa shape index (κ3) is 4.63. The van der Waals surface area contributed by atoms with Crippen molar-refractivity contribution in [2.75, 3.05) is 31.6 Å². The minimum absolute atomic E-state index is 0.129. The number of benzene rings is 1. The molecule has 9 nitrogen and oxygen atoms in total. The van der Waals surface area contributed by atoms with E-state index < -0.39 is 15.8 Å². The van der Waals surface area contributed by atoms with Crippen LogP contribution in [0.25, 0.3) is 12.2 Å². The maximum absolute atomic E-state index is 13.0. The molecule has 0 atom stereocenters. The van der Waals surface area contributed by atoms with Gasteiger partial charge in [-0.15, -0.1) is 0 Å². The highest BCUT2D eigenvalue weighted by Crippen LogP contribution is 2.33. The van der Waals surface area contributed by atoms with Crippen LogP contribution in [-0.4, -0.2) is 55.9 Å².